The van der Waals surface area contributed by atoms with Crippen molar-refractivity contribution < 1.29 is 4.74 Å². The number of aromatic nitrogens is 2. The summed E-state index contributed by atoms with van der Waals surface area (Å²) in [5.41, 5.74) is 1.17. The smallest absolute Gasteiger partial charge is 0.134 e. The third kappa shape index (κ3) is 4.07. The van der Waals surface area contributed by atoms with Crippen molar-refractivity contribution >= 4 is 11.6 Å². The fraction of sp³-hybridized carbons (Fsp3) is 0.733. The SMILES string of the molecule is CCNc1ncnc(NCCC2CCCCO2)c1CC. The predicted molar refractivity (Wildman–Crippen MR) is 82.3 cm³/mol. The van der Waals surface area contributed by atoms with Gasteiger partial charge in [-0.3, -0.25) is 0 Å². The van der Waals surface area contributed by atoms with Crippen LogP contribution in [0.5, 0.6) is 0 Å². The fourth-order valence-electron chi connectivity index (χ4n) is 2.61. The van der Waals surface area contributed by atoms with Crippen LogP contribution in [-0.2, 0) is 11.2 Å². The van der Waals surface area contributed by atoms with Crippen molar-refractivity contribution in [3.63, 3.8) is 0 Å². The number of ether oxygens (including phenoxy) is 1. The Labute approximate surface area is 121 Å². The molecule has 2 rings (SSSR count). The van der Waals surface area contributed by atoms with Gasteiger partial charge in [0.2, 0.25) is 0 Å². The van der Waals surface area contributed by atoms with Crippen LogP contribution in [0, 0.1) is 0 Å². The van der Waals surface area contributed by atoms with Crippen molar-refractivity contribution in [1.82, 2.24) is 9.97 Å². The van der Waals surface area contributed by atoms with Gasteiger partial charge in [0.1, 0.15) is 18.0 Å². The lowest BCUT2D eigenvalue weighted by Gasteiger charge is -2.23. The molecule has 0 spiro atoms. The highest BCUT2D eigenvalue weighted by atomic mass is 16.5. The largest absolute Gasteiger partial charge is 0.378 e. The van der Waals surface area contributed by atoms with Crippen LogP contribution in [0.3, 0.4) is 0 Å². The van der Waals surface area contributed by atoms with Crippen LogP contribution in [0.1, 0.15) is 45.1 Å². The minimum absolute atomic E-state index is 0.413. The zero-order chi connectivity index (χ0) is 14.2. The summed E-state index contributed by atoms with van der Waals surface area (Å²) in [5.74, 6) is 1.90. The Morgan fingerprint density at radius 1 is 1.20 bits per heavy atom. The Morgan fingerprint density at radius 2 is 2.00 bits per heavy atom. The van der Waals surface area contributed by atoms with E-state index in [1.54, 1.807) is 6.33 Å². The summed E-state index contributed by atoms with van der Waals surface area (Å²) < 4.78 is 5.75. The van der Waals surface area contributed by atoms with Crippen LogP contribution in [0.2, 0.25) is 0 Å². The van der Waals surface area contributed by atoms with Gasteiger partial charge in [0.25, 0.3) is 0 Å². The number of anilines is 2. The molecule has 1 aromatic rings. The second-order valence-electron chi connectivity index (χ2n) is 5.14. The van der Waals surface area contributed by atoms with E-state index in [1.165, 1.54) is 24.8 Å². The fourth-order valence-corrected chi connectivity index (χ4v) is 2.61. The highest BCUT2D eigenvalue weighted by Gasteiger charge is 2.14. The molecule has 5 heteroatoms. The second kappa shape index (κ2) is 8.04. The molecule has 1 aromatic heterocycles. The quantitative estimate of drug-likeness (QED) is 0.803. The van der Waals surface area contributed by atoms with E-state index < -0.39 is 0 Å². The molecule has 0 bridgehead atoms. The van der Waals surface area contributed by atoms with Gasteiger partial charge in [-0.15, -0.1) is 0 Å². The first kappa shape index (κ1) is 15.0. The summed E-state index contributed by atoms with van der Waals surface area (Å²) in [7, 11) is 0. The van der Waals surface area contributed by atoms with Gasteiger partial charge in [0.15, 0.2) is 0 Å². The Bertz CT molecular complexity index is 405. The Hall–Kier alpha value is -1.36. The van der Waals surface area contributed by atoms with Gasteiger partial charge in [0, 0.05) is 25.3 Å². The van der Waals surface area contributed by atoms with E-state index in [2.05, 4.69) is 34.4 Å². The number of nitrogens with zero attached hydrogens (tertiary/aromatic N) is 2. The maximum absolute atomic E-state index is 5.75. The van der Waals surface area contributed by atoms with Gasteiger partial charge in [-0.05, 0) is 39.0 Å². The van der Waals surface area contributed by atoms with Crippen molar-refractivity contribution in [1.29, 1.82) is 0 Å². The second-order valence-corrected chi connectivity index (χ2v) is 5.14. The molecule has 112 valence electrons. The monoisotopic (exact) mass is 278 g/mol. The molecule has 1 fully saturated rings. The maximum atomic E-state index is 5.75. The highest BCUT2D eigenvalue weighted by Crippen LogP contribution is 2.21. The molecule has 0 amide bonds. The first-order valence-corrected chi connectivity index (χ1v) is 7.78. The first-order chi connectivity index (χ1) is 9.85. The molecule has 5 nitrogen and oxygen atoms in total. The van der Waals surface area contributed by atoms with Gasteiger partial charge in [-0.2, -0.15) is 0 Å². The normalized spacial score (nSPS) is 18.8. The summed E-state index contributed by atoms with van der Waals surface area (Å²) in [6.45, 7) is 6.91. The van der Waals surface area contributed by atoms with Crippen molar-refractivity contribution in [3.05, 3.63) is 11.9 Å². The van der Waals surface area contributed by atoms with Crippen molar-refractivity contribution in [2.24, 2.45) is 0 Å². The average molecular weight is 278 g/mol. The molecule has 1 unspecified atom stereocenters. The number of nitrogens with one attached hydrogen (secondary N) is 2. The lowest BCUT2D eigenvalue weighted by atomic mass is 10.1. The van der Waals surface area contributed by atoms with Crippen LogP contribution in [0.4, 0.5) is 11.6 Å². The van der Waals surface area contributed by atoms with E-state index in [0.717, 1.165) is 44.2 Å². The molecular weight excluding hydrogens is 252 g/mol. The van der Waals surface area contributed by atoms with Crippen molar-refractivity contribution in [2.75, 3.05) is 30.3 Å². The lowest BCUT2D eigenvalue weighted by molar-refractivity contribution is 0.0134. The highest BCUT2D eigenvalue weighted by molar-refractivity contribution is 5.57. The maximum Gasteiger partial charge on any atom is 0.134 e. The van der Waals surface area contributed by atoms with Gasteiger partial charge in [-0.25, -0.2) is 9.97 Å². The van der Waals surface area contributed by atoms with Gasteiger partial charge >= 0.3 is 0 Å². The van der Waals surface area contributed by atoms with Crippen LogP contribution < -0.4 is 10.6 Å². The summed E-state index contributed by atoms with van der Waals surface area (Å²) in [5, 5.41) is 6.73. The molecule has 0 saturated carbocycles. The molecule has 1 aliphatic rings. The topological polar surface area (TPSA) is 59.1 Å². The number of hydrogen-bond donors (Lipinski definition) is 2. The van der Waals surface area contributed by atoms with E-state index in [1.807, 2.05) is 0 Å². The molecular formula is C15H26N4O. The van der Waals surface area contributed by atoms with Crippen molar-refractivity contribution in [2.45, 2.75) is 52.1 Å². The summed E-state index contributed by atoms with van der Waals surface area (Å²) in [6, 6.07) is 0. The average Bonchev–Trinajstić information content (AvgIpc) is 2.49. The third-order valence-corrected chi connectivity index (χ3v) is 3.68. The molecule has 0 radical (unpaired) electrons. The molecule has 1 atom stereocenters. The van der Waals surface area contributed by atoms with E-state index >= 15 is 0 Å². The zero-order valence-corrected chi connectivity index (χ0v) is 12.6. The third-order valence-electron chi connectivity index (χ3n) is 3.68. The van der Waals surface area contributed by atoms with Crippen LogP contribution in [-0.4, -0.2) is 35.8 Å². The first-order valence-electron chi connectivity index (χ1n) is 7.78. The number of hydrogen-bond acceptors (Lipinski definition) is 5. The Balaban J connectivity index is 1.89. The van der Waals surface area contributed by atoms with Crippen LogP contribution in [0.15, 0.2) is 6.33 Å². The van der Waals surface area contributed by atoms with Crippen molar-refractivity contribution in [3.8, 4) is 0 Å². The molecule has 1 saturated heterocycles. The van der Waals surface area contributed by atoms with E-state index in [9.17, 15) is 0 Å². The summed E-state index contributed by atoms with van der Waals surface area (Å²) in [6.07, 6.45) is 7.70. The number of rotatable bonds is 7. The minimum Gasteiger partial charge on any atom is -0.378 e. The minimum atomic E-state index is 0.413. The molecule has 20 heavy (non-hydrogen) atoms. The zero-order valence-electron chi connectivity index (χ0n) is 12.6. The van der Waals surface area contributed by atoms with E-state index in [0.29, 0.717) is 6.10 Å². The van der Waals surface area contributed by atoms with Gasteiger partial charge in [-0.1, -0.05) is 6.92 Å². The van der Waals surface area contributed by atoms with Crippen LogP contribution in [0.25, 0.3) is 0 Å². The Morgan fingerprint density at radius 3 is 2.65 bits per heavy atom. The molecule has 2 N–H and O–H groups in total. The van der Waals surface area contributed by atoms with Gasteiger partial charge in [0.05, 0.1) is 6.10 Å². The lowest BCUT2D eigenvalue weighted by Crippen LogP contribution is -2.22. The summed E-state index contributed by atoms with van der Waals surface area (Å²) in [4.78, 5) is 8.68. The molecule has 0 aromatic carbocycles. The standard InChI is InChI=1S/C15H26N4O/c1-3-13-14(16-4-2)18-11-19-15(13)17-9-8-12-7-5-6-10-20-12/h11-12H,3-10H2,1-2H3,(H2,16,17,18,19). The molecule has 2 heterocycles. The predicted octanol–water partition coefficient (Wildman–Crippen LogP) is 2.84. The van der Waals surface area contributed by atoms with E-state index in [4.69, 9.17) is 4.74 Å². The molecule has 1 aliphatic heterocycles. The summed E-state index contributed by atoms with van der Waals surface area (Å²) >= 11 is 0. The molecule has 0 aliphatic carbocycles. The Kier molecular flexibility index (Phi) is 6.05. The van der Waals surface area contributed by atoms with E-state index in [-0.39, 0.29) is 0 Å². The van der Waals surface area contributed by atoms with Gasteiger partial charge < -0.3 is 15.4 Å². The van der Waals surface area contributed by atoms with Crippen LogP contribution >= 0.6 is 0 Å².